The number of anilines is 2. The highest BCUT2D eigenvalue weighted by molar-refractivity contribution is 5.84. The Labute approximate surface area is 147 Å². The van der Waals surface area contributed by atoms with Gasteiger partial charge in [-0.15, -0.1) is 0 Å². The standard InChI is InChI=1S/C19H23N5O/c1-13-3-4-17-16(9-13)14(10-21-17)11-23(2)19-20-7-5-18(22-19)24-8-6-15(25)12-24/h3-5,7,9-10,15,21,25H,6,8,11-12H2,1-2H3/t15-/m1/s1. The largest absolute Gasteiger partial charge is 0.391 e. The van der Waals surface area contributed by atoms with Crippen molar-refractivity contribution >= 4 is 22.7 Å². The van der Waals surface area contributed by atoms with Gasteiger partial charge in [-0.3, -0.25) is 0 Å². The minimum absolute atomic E-state index is 0.259. The Morgan fingerprint density at radius 1 is 1.36 bits per heavy atom. The molecular weight excluding hydrogens is 314 g/mol. The number of aromatic amines is 1. The lowest BCUT2D eigenvalue weighted by atomic mass is 10.1. The molecule has 3 heterocycles. The first-order chi connectivity index (χ1) is 12.1. The maximum absolute atomic E-state index is 9.73. The Morgan fingerprint density at radius 2 is 2.24 bits per heavy atom. The van der Waals surface area contributed by atoms with Gasteiger partial charge in [-0.1, -0.05) is 11.6 Å². The zero-order valence-corrected chi connectivity index (χ0v) is 14.6. The number of nitrogens with zero attached hydrogens (tertiary/aromatic N) is 4. The van der Waals surface area contributed by atoms with Gasteiger partial charge in [-0.2, -0.15) is 4.98 Å². The van der Waals surface area contributed by atoms with Crippen LogP contribution in [0.15, 0.2) is 36.7 Å². The van der Waals surface area contributed by atoms with Gasteiger partial charge in [0.2, 0.25) is 5.95 Å². The number of hydrogen-bond donors (Lipinski definition) is 2. The van der Waals surface area contributed by atoms with Crippen LogP contribution in [-0.2, 0) is 6.54 Å². The van der Waals surface area contributed by atoms with Crippen molar-refractivity contribution in [1.82, 2.24) is 15.0 Å². The molecule has 0 saturated carbocycles. The van der Waals surface area contributed by atoms with Crippen LogP contribution in [-0.4, -0.2) is 46.3 Å². The van der Waals surface area contributed by atoms with Gasteiger partial charge < -0.3 is 19.9 Å². The van der Waals surface area contributed by atoms with E-state index in [1.165, 1.54) is 16.5 Å². The van der Waals surface area contributed by atoms with Crippen molar-refractivity contribution in [2.75, 3.05) is 29.9 Å². The first kappa shape index (κ1) is 15.9. The van der Waals surface area contributed by atoms with E-state index in [4.69, 9.17) is 0 Å². The lowest BCUT2D eigenvalue weighted by Gasteiger charge is -2.21. The third-order valence-electron chi connectivity index (χ3n) is 4.79. The van der Waals surface area contributed by atoms with E-state index in [1.54, 1.807) is 6.20 Å². The topological polar surface area (TPSA) is 68.3 Å². The summed E-state index contributed by atoms with van der Waals surface area (Å²) in [7, 11) is 2.01. The van der Waals surface area contributed by atoms with Crippen LogP contribution in [0.2, 0.25) is 0 Å². The molecule has 0 bridgehead atoms. The average molecular weight is 337 g/mol. The SMILES string of the molecule is Cc1ccc2[nH]cc(CN(C)c3nccc(N4CC[C@@H](O)C4)n3)c2c1. The molecule has 6 nitrogen and oxygen atoms in total. The highest BCUT2D eigenvalue weighted by atomic mass is 16.3. The molecule has 2 N–H and O–H groups in total. The molecule has 0 spiro atoms. The average Bonchev–Trinajstić information content (AvgIpc) is 3.21. The maximum Gasteiger partial charge on any atom is 0.227 e. The molecule has 2 aromatic heterocycles. The van der Waals surface area contributed by atoms with Crippen molar-refractivity contribution in [2.45, 2.75) is 26.0 Å². The van der Waals surface area contributed by atoms with Crippen molar-refractivity contribution < 1.29 is 5.11 Å². The minimum atomic E-state index is -0.259. The summed E-state index contributed by atoms with van der Waals surface area (Å²) in [5, 5.41) is 11.0. The quantitative estimate of drug-likeness (QED) is 0.765. The fourth-order valence-electron chi connectivity index (χ4n) is 3.40. The summed E-state index contributed by atoms with van der Waals surface area (Å²) in [5.41, 5.74) is 3.63. The highest BCUT2D eigenvalue weighted by Crippen LogP contribution is 2.23. The molecule has 1 fully saturated rings. The molecule has 0 unspecified atom stereocenters. The third kappa shape index (κ3) is 3.17. The van der Waals surface area contributed by atoms with Crippen LogP contribution in [0.4, 0.5) is 11.8 Å². The van der Waals surface area contributed by atoms with Crippen LogP contribution in [0.3, 0.4) is 0 Å². The van der Waals surface area contributed by atoms with E-state index in [1.807, 2.05) is 13.1 Å². The Kier molecular flexibility index (Phi) is 4.05. The number of β-amino-alcohol motifs (C(OH)–C–C–N with tert-alkyl or cyclic N) is 1. The second kappa shape index (κ2) is 6.37. The van der Waals surface area contributed by atoms with Crippen molar-refractivity contribution in [1.29, 1.82) is 0 Å². The van der Waals surface area contributed by atoms with Crippen molar-refractivity contribution in [2.24, 2.45) is 0 Å². The molecule has 0 radical (unpaired) electrons. The second-order valence-corrected chi connectivity index (χ2v) is 6.82. The van der Waals surface area contributed by atoms with E-state index < -0.39 is 0 Å². The summed E-state index contributed by atoms with van der Waals surface area (Å²) < 4.78 is 0. The van der Waals surface area contributed by atoms with E-state index in [9.17, 15) is 5.11 Å². The smallest absolute Gasteiger partial charge is 0.227 e. The second-order valence-electron chi connectivity index (χ2n) is 6.82. The van der Waals surface area contributed by atoms with Gasteiger partial charge in [0, 0.05) is 50.0 Å². The third-order valence-corrected chi connectivity index (χ3v) is 4.79. The monoisotopic (exact) mass is 337 g/mol. The van der Waals surface area contributed by atoms with Crippen LogP contribution < -0.4 is 9.80 Å². The van der Waals surface area contributed by atoms with Crippen LogP contribution in [0.1, 0.15) is 17.5 Å². The van der Waals surface area contributed by atoms with Gasteiger partial charge in [-0.05, 0) is 37.1 Å². The Morgan fingerprint density at radius 3 is 3.04 bits per heavy atom. The summed E-state index contributed by atoms with van der Waals surface area (Å²) in [4.78, 5) is 16.6. The van der Waals surface area contributed by atoms with Crippen LogP contribution >= 0.6 is 0 Å². The first-order valence-corrected chi connectivity index (χ1v) is 8.64. The lowest BCUT2D eigenvalue weighted by Crippen LogP contribution is -2.24. The fraction of sp³-hybridized carbons (Fsp3) is 0.368. The first-order valence-electron chi connectivity index (χ1n) is 8.64. The predicted octanol–water partition coefficient (Wildman–Crippen LogP) is 2.47. The number of fused-ring (bicyclic) bond motifs is 1. The van der Waals surface area contributed by atoms with E-state index in [0.29, 0.717) is 12.5 Å². The number of aromatic nitrogens is 3. The molecule has 4 rings (SSSR count). The number of aliphatic hydroxyl groups is 1. The van der Waals surface area contributed by atoms with Crippen molar-refractivity contribution in [3.63, 3.8) is 0 Å². The molecule has 25 heavy (non-hydrogen) atoms. The molecule has 1 saturated heterocycles. The number of hydrogen-bond acceptors (Lipinski definition) is 5. The molecule has 6 heteroatoms. The molecule has 0 aliphatic carbocycles. The summed E-state index contributed by atoms with van der Waals surface area (Å²) in [6.45, 7) is 4.32. The molecule has 0 amide bonds. The maximum atomic E-state index is 9.73. The van der Waals surface area contributed by atoms with E-state index >= 15 is 0 Å². The van der Waals surface area contributed by atoms with E-state index in [-0.39, 0.29) is 6.10 Å². The Balaban J connectivity index is 1.56. The fourth-order valence-corrected chi connectivity index (χ4v) is 3.40. The normalized spacial score (nSPS) is 17.4. The number of rotatable bonds is 4. The number of nitrogens with one attached hydrogen (secondary N) is 1. The Bertz CT molecular complexity index is 890. The number of aryl methyl sites for hydroxylation is 1. The van der Waals surface area contributed by atoms with Crippen LogP contribution in [0.25, 0.3) is 10.9 Å². The zero-order valence-electron chi connectivity index (χ0n) is 14.6. The van der Waals surface area contributed by atoms with E-state index in [0.717, 1.165) is 30.8 Å². The molecule has 1 aromatic carbocycles. The number of H-pyrrole nitrogens is 1. The van der Waals surface area contributed by atoms with Gasteiger partial charge >= 0.3 is 0 Å². The summed E-state index contributed by atoms with van der Waals surface area (Å²) in [6.07, 6.45) is 4.38. The molecular formula is C19H23N5O. The molecule has 1 aliphatic rings. The molecule has 130 valence electrons. The van der Waals surface area contributed by atoms with Gasteiger partial charge in [-0.25, -0.2) is 4.98 Å². The zero-order chi connectivity index (χ0) is 17.4. The Hall–Kier alpha value is -2.60. The minimum Gasteiger partial charge on any atom is -0.391 e. The number of benzene rings is 1. The highest BCUT2D eigenvalue weighted by Gasteiger charge is 2.22. The summed E-state index contributed by atoms with van der Waals surface area (Å²) >= 11 is 0. The van der Waals surface area contributed by atoms with Gasteiger partial charge in [0.25, 0.3) is 0 Å². The van der Waals surface area contributed by atoms with Gasteiger partial charge in [0.15, 0.2) is 0 Å². The van der Waals surface area contributed by atoms with Crippen LogP contribution in [0.5, 0.6) is 0 Å². The van der Waals surface area contributed by atoms with Crippen LogP contribution in [0, 0.1) is 6.92 Å². The molecule has 1 aliphatic heterocycles. The van der Waals surface area contributed by atoms with Gasteiger partial charge in [0.05, 0.1) is 6.10 Å². The lowest BCUT2D eigenvalue weighted by molar-refractivity contribution is 0.198. The van der Waals surface area contributed by atoms with Crippen molar-refractivity contribution in [3.8, 4) is 0 Å². The molecule has 1 atom stereocenters. The predicted molar refractivity (Wildman–Crippen MR) is 100 cm³/mol. The van der Waals surface area contributed by atoms with E-state index in [2.05, 4.69) is 56.1 Å². The molecule has 3 aromatic rings. The summed E-state index contributed by atoms with van der Waals surface area (Å²) in [6, 6.07) is 8.34. The number of aliphatic hydroxyl groups excluding tert-OH is 1. The summed E-state index contributed by atoms with van der Waals surface area (Å²) in [5.74, 6) is 1.57. The van der Waals surface area contributed by atoms with Crippen molar-refractivity contribution in [3.05, 3.63) is 47.8 Å². The van der Waals surface area contributed by atoms with Gasteiger partial charge in [0.1, 0.15) is 5.82 Å².